The molecule has 1 saturated heterocycles. The molecule has 22 heavy (non-hydrogen) atoms. The zero-order chi connectivity index (χ0) is 16.3. The molecule has 0 unspecified atom stereocenters. The van der Waals surface area contributed by atoms with Crippen LogP contribution in [0.4, 0.5) is 0 Å². The average molecular weight is 301 g/mol. The Morgan fingerprint density at radius 1 is 1.18 bits per heavy atom. The first-order valence-corrected chi connectivity index (χ1v) is 7.93. The molecule has 4 nitrogen and oxygen atoms in total. The monoisotopic (exact) mass is 301 g/mol. The van der Waals surface area contributed by atoms with E-state index in [1.54, 1.807) is 6.07 Å². The van der Waals surface area contributed by atoms with Crippen molar-refractivity contribution in [2.24, 2.45) is 5.73 Å². The number of hydrogen-bond acceptors (Lipinski definition) is 3. The van der Waals surface area contributed by atoms with Crippen molar-refractivity contribution in [2.75, 3.05) is 0 Å². The van der Waals surface area contributed by atoms with Crippen LogP contribution in [0.1, 0.15) is 67.9 Å². The van der Waals surface area contributed by atoms with Gasteiger partial charge in [0.25, 0.3) is 0 Å². The van der Waals surface area contributed by atoms with Crippen molar-refractivity contribution >= 4 is 18.5 Å². The predicted molar refractivity (Wildman–Crippen MR) is 87.4 cm³/mol. The Balaban J connectivity index is 2.05. The van der Waals surface area contributed by atoms with Gasteiger partial charge in [0.15, 0.2) is 0 Å². The number of amides is 1. The number of primary amides is 1. The Bertz CT molecular complexity index is 619. The largest absolute Gasteiger partial charge is 0.495 e. The highest BCUT2D eigenvalue weighted by molar-refractivity contribution is 6.62. The molecule has 3 rings (SSSR count). The Morgan fingerprint density at radius 2 is 1.73 bits per heavy atom. The van der Waals surface area contributed by atoms with Crippen molar-refractivity contribution in [3.05, 3.63) is 28.8 Å². The summed E-state index contributed by atoms with van der Waals surface area (Å²) in [6.07, 6.45) is 2.30. The molecule has 0 bridgehead atoms. The van der Waals surface area contributed by atoms with Crippen LogP contribution < -0.4 is 11.2 Å². The molecular weight excluding hydrogens is 277 g/mol. The minimum Gasteiger partial charge on any atom is -0.399 e. The van der Waals surface area contributed by atoms with Gasteiger partial charge in [-0.15, -0.1) is 0 Å². The summed E-state index contributed by atoms with van der Waals surface area (Å²) in [6.45, 7) is 10.2. The highest BCUT2D eigenvalue weighted by atomic mass is 16.7. The lowest BCUT2D eigenvalue weighted by Crippen LogP contribution is -2.41. The van der Waals surface area contributed by atoms with Gasteiger partial charge >= 0.3 is 7.12 Å². The van der Waals surface area contributed by atoms with E-state index in [0.717, 1.165) is 23.9 Å². The molecule has 1 saturated carbocycles. The van der Waals surface area contributed by atoms with E-state index in [1.165, 1.54) is 5.56 Å². The molecule has 1 aromatic rings. The number of carbonyl (C=O) groups is 1. The lowest BCUT2D eigenvalue weighted by molar-refractivity contribution is 0.00578. The van der Waals surface area contributed by atoms with Gasteiger partial charge in [-0.1, -0.05) is 6.07 Å². The highest BCUT2D eigenvalue weighted by Crippen LogP contribution is 2.43. The standard InChI is InChI=1S/C17H24BNO3/c1-10-12(15(19)20)8-9-13(14(10)11-6-7-11)18-21-16(2,3)17(4,5)22-18/h8-9,11H,6-7H2,1-5H3,(H2,19,20). The van der Waals surface area contributed by atoms with Gasteiger partial charge in [0.05, 0.1) is 11.2 Å². The van der Waals surface area contributed by atoms with Crippen LogP contribution in [-0.4, -0.2) is 24.2 Å². The van der Waals surface area contributed by atoms with Crippen LogP contribution >= 0.6 is 0 Å². The first-order chi connectivity index (χ1) is 10.1. The zero-order valence-electron chi connectivity index (χ0n) is 14.0. The zero-order valence-corrected chi connectivity index (χ0v) is 14.0. The van der Waals surface area contributed by atoms with Gasteiger partial charge in [-0.2, -0.15) is 0 Å². The van der Waals surface area contributed by atoms with Crippen LogP contribution in [0.2, 0.25) is 0 Å². The molecule has 1 aliphatic carbocycles. The van der Waals surface area contributed by atoms with Crippen LogP contribution in [0.5, 0.6) is 0 Å². The molecule has 2 fully saturated rings. The van der Waals surface area contributed by atoms with Gasteiger partial charge in [-0.05, 0) is 76.0 Å². The summed E-state index contributed by atoms with van der Waals surface area (Å²) in [4.78, 5) is 11.6. The summed E-state index contributed by atoms with van der Waals surface area (Å²) in [6, 6.07) is 3.74. The minimum atomic E-state index is -0.388. The van der Waals surface area contributed by atoms with Crippen LogP contribution in [0, 0.1) is 6.92 Å². The molecule has 1 aliphatic heterocycles. The SMILES string of the molecule is Cc1c(C(N)=O)ccc(B2OC(C)(C)C(C)(C)O2)c1C1CC1. The van der Waals surface area contributed by atoms with E-state index in [9.17, 15) is 4.79 Å². The Hall–Kier alpha value is -1.33. The van der Waals surface area contributed by atoms with Crippen LogP contribution in [0.3, 0.4) is 0 Å². The van der Waals surface area contributed by atoms with Crippen molar-refractivity contribution in [3.63, 3.8) is 0 Å². The predicted octanol–water partition coefficient (Wildman–Crippen LogP) is 2.27. The van der Waals surface area contributed by atoms with E-state index < -0.39 is 0 Å². The van der Waals surface area contributed by atoms with E-state index >= 15 is 0 Å². The maximum Gasteiger partial charge on any atom is 0.495 e. The number of rotatable bonds is 3. The second kappa shape index (κ2) is 4.83. The molecule has 0 radical (unpaired) electrons. The van der Waals surface area contributed by atoms with Gasteiger partial charge in [-0.25, -0.2) is 0 Å². The lowest BCUT2D eigenvalue weighted by atomic mass is 9.72. The molecule has 1 amide bonds. The normalized spacial score (nSPS) is 22.9. The molecule has 118 valence electrons. The number of nitrogens with two attached hydrogens (primary N) is 1. The molecule has 2 aliphatic rings. The van der Waals surface area contributed by atoms with Crippen molar-refractivity contribution in [1.29, 1.82) is 0 Å². The van der Waals surface area contributed by atoms with E-state index in [0.29, 0.717) is 11.5 Å². The number of hydrogen-bond donors (Lipinski definition) is 1. The Kier molecular flexibility index (Phi) is 3.42. The molecule has 1 heterocycles. The topological polar surface area (TPSA) is 61.6 Å². The Morgan fingerprint density at radius 3 is 2.18 bits per heavy atom. The van der Waals surface area contributed by atoms with Crippen molar-refractivity contribution in [3.8, 4) is 0 Å². The lowest BCUT2D eigenvalue weighted by Gasteiger charge is -2.32. The van der Waals surface area contributed by atoms with Crippen LogP contribution in [0.25, 0.3) is 0 Å². The summed E-state index contributed by atoms with van der Waals surface area (Å²) in [5, 5.41) is 0. The Labute approximate surface area is 132 Å². The maximum atomic E-state index is 11.6. The van der Waals surface area contributed by atoms with E-state index in [1.807, 2.05) is 13.0 Å². The fraction of sp³-hybridized carbons (Fsp3) is 0.588. The van der Waals surface area contributed by atoms with Gasteiger partial charge in [0, 0.05) is 5.56 Å². The first-order valence-electron chi connectivity index (χ1n) is 7.93. The van der Waals surface area contributed by atoms with Crippen molar-refractivity contribution < 1.29 is 14.1 Å². The molecule has 0 atom stereocenters. The summed E-state index contributed by atoms with van der Waals surface area (Å²) in [5.41, 5.74) is 8.57. The first kappa shape index (κ1) is 15.6. The minimum absolute atomic E-state index is 0.366. The summed E-state index contributed by atoms with van der Waals surface area (Å²) >= 11 is 0. The van der Waals surface area contributed by atoms with Crippen LogP contribution in [-0.2, 0) is 9.31 Å². The highest BCUT2D eigenvalue weighted by Gasteiger charge is 2.52. The second-order valence-corrected chi connectivity index (χ2v) is 7.47. The summed E-state index contributed by atoms with van der Waals surface area (Å²) in [5.74, 6) is 0.119. The number of carbonyl (C=O) groups excluding carboxylic acids is 1. The van der Waals surface area contributed by atoms with E-state index in [2.05, 4.69) is 27.7 Å². The molecular formula is C17H24BNO3. The van der Waals surface area contributed by atoms with Gasteiger partial charge in [-0.3, -0.25) is 4.79 Å². The third-order valence-corrected chi connectivity index (χ3v) is 5.31. The molecule has 1 aromatic carbocycles. The molecule has 5 heteroatoms. The average Bonchev–Trinajstić information content (AvgIpc) is 3.17. The smallest absolute Gasteiger partial charge is 0.399 e. The fourth-order valence-electron chi connectivity index (χ4n) is 3.11. The van der Waals surface area contributed by atoms with Crippen LogP contribution in [0.15, 0.2) is 12.1 Å². The molecule has 0 spiro atoms. The van der Waals surface area contributed by atoms with Gasteiger partial charge in [0.2, 0.25) is 5.91 Å². The van der Waals surface area contributed by atoms with E-state index in [4.69, 9.17) is 15.0 Å². The van der Waals surface area contributed by atoms with Crippen molar-refractivity contribution in [1.82, 2.24) is 0 Å². The van der Waals surface area contributed by atoms with Crippen molar-refractivity contribution in [2.45, 2.75) is 64.6 Å². The molecule has 0 aromatic heterocycles. The van der Waals surface area contributed by atoms with Gasteiger partial charge < -0.3 is 15.0 Å². The summed E-state index contributed by atoms with van der Waals surface area (Å²) in [7, 11) is -0.388. The summed E-state index contributed by atoms with van der Waals surface area (Å²) < 4.78 is 12.4. The molecule has 2 N–H and O–H groups in total. The second-order valence-electron chi connectivity index (χ2n) is 7.47. The third kappa shape index (κ3) is 2.36. The fourth-order valence-corrected chi connectivity index (χ4v) is 3.11. The van der Waals surface area contributed by atoms with E-state index in [-0.39, 0.29) is 24.2 Å². The third-order valence-electron chi connectivity index (χ3n) is 5.31. The van der Waals surface area contributed by atoms with Gasteiger partial charge in [0.1, 0.15) is 0 Å². The maximum absolute atomic E-state index is 11.6. The quantitative estimate of drug-likeness (QED) is 0.871. The number of benzene rings is 1.